The molecule has 1 aromatic heterocycles. The van der Waals surface area contributed by atoms with Gasteiger partial charge in [0.1, 0.15) is 23.4 Å². The first-order valence-corrected chi connectivity index (χ1v) is 16.5. The van der Waals surface area contributed by atoms with Crippen LogP contribution in [0.25, 0.3) is 10.9 Å². The lowest BCUT2D eigenvalue weighted by Gasteiger charge is -2.38. The van der Waals surface area contributed by atoms with Crippen molar-refractivity contribution >= 4 is 30.8 Å². The van der Waals surface area contributed by atoms with Gasteiger partial charge >= 0.3 is 0 Å². The normalized spacial score (nSPS) is 21.2. The molecule has 2 aromatic carbocycles. The Bertz CT molecular complexity index is 1590. The van der Waals surface area contributed by atoms with Crippen LogP contribution in [0.3, 0.4) is 0 Å². The van der Waals surface area contributed by atoms with Crippen LogP contribution in [0.5, 0.6) is 5.75 Å². The van der Waals surface area contributed by atoms with E-state index in [4.69, 9.17) is 9.47 Å². The number of pyridine rings is 1. The molecule has 2 N–H and O–H groups in total. The number of sulfonamides is 1. The zero-order valence-electron chi connectivity index (χ0n) is 22.6. The molecular weight excluding hydrogens is 573 g/mol. The van der Waals surface area contributed by atoms with Crippen LogP contribution in [0, 0.1) is 0 Å². The largest absolute Gasteiger partial charge is 0.491 e. The first-order chi connectivity index (χ1) is 19.5. The summed E-state index contributed by atoms with van der Waals surface area (Å²) in [5.41, 5.74) is -1.72. The molecule has 0 amide bonds. The molecule has 0 aliphatic carbocycles. The van der Waals surface area contributed by atoms with Crippen LogP contribution < -0.4 is 10.1 Å². The van der Waals surface area contributed by atoms with Gasteiger partial charge in [0.25, 0.3) is 0 Å². The predicted molar refractivity (Wildman–Crippen MR) is 151 cm³/mol. The zero-order chi connectivity index (χ0) is 29.3. The van der Waals surface area contributed by atoms with Gasteiger partial charge in [-0.15, -0.1) is 0 Å². The summed E-state index contributed by atoms with van der Waals surface area (Å²) < 4.78 is 77.3. The summed E-state index contributed by atoms with van der Waals surface area (Å²) in [7, 11) is -7.76. The Morgan fingerprint density at radius 2 is 1.88 bits per heavy atom. The summed E-state index contributed by atoms with van der Waals surface area (Å²) in [5, 5.41) is 14.5. The molecular formula is C28H34FN3O7S2. The Kier molecular flexibility index (Phi) is 8.65. The predicted octanol–water partition coefficient (Wildman–Crippen LogP) is 2.67. The molecule has 2 aliphatic heterocycles. The molecule has 3 atom stereocenters. The number of sulfone groups is 1. The smallest absolute Gasteiger partial charge is 0.244 e. The fourth-order valence-corrected chi connectivity index (χ4v) is 7.63. The molecule has 10 nitrogen and oxygen atoms in total. The van der Waals surface area contributed by atoms with Crippen molar-refractivity contribution in [3.63, 3.8) is 0 Å². The zero-order valence-corrected chi connectivity index (χ0v) is 24.3. The van der Waals surface area contributed by atoms with Crippen LogP contribution in [0.15, 0.2) is 70.6 Å². The lowest BCUT2D eigenvalue weighted by molar-refractivity contribution is -0.0312. The van der Waals surface area contributed by atoms with Crippen molar-refractivity contribution in [1.29, 1.82) is 0 Å². The van der Waals surface area contributed by atoms with Crippen molar-refractivity contribution in [2.24, 2.45) is 0 Å². The number of nitrogens with zero attached hydrogens (tertiary/aromatic N) is 2. The maximum atomic E-state index is 13.5. The maximum absolute atomic E-state index is 13.5. The van der Waals surface area contributed by atoms with Crippen molar-refractivity contribution in [2.75, 3.05) is 32.8 Å². The van der Waals surface area contributed by atoms with Gasteiger partial charge < -0.3 is 19.9 Å². The molecule has 13 heteroatoms. The number of nitrogens with one attached hydrogen (secondary N) is 1. The second kappa shape index (κ2) is 11.9. The number of aliphatic hydroxyl groups is 1. The van der Waals surface area contributed by atoms with Crippen LogP contribution in [-0.2, 0) is 24.6 Å². The monoisotopic (exact) mass is 607 g/mol. The number of rotatable bonds is 10. The first-order valence-electron chi connectivity index (χ1n) is 13.5. The maximum Gasteiger partial charge on any atom is 0.244 e. The van der Waals surface area contributed by atoms with Gasteiger partial charge in [-0.05, 0) is 56.5 Å². The molecule has 41 heavy (non-hydrogen) atoms. The van der Waals surface area contributed by atoms with E-state index in [2.05, 4.69) is 10.3 Å². The van der Waals surface area contributed by atoms with E-state index in [0.717, 1.165) is 17.8 Å². The average Bonchev–Trinajstić information content (AvgIpc) is 3.37. The van der Waals surface area contributed by atoms with Crippen LogP contribution >= 0.6 is 0 Å². The van der Waals surface area contributed by atoms with E-state index in [1.54, 1.807) is 12.1 Å². The SMILES string of the molecule is CC(F)S(=O)(=O)c1cccc(OCC(O)CN[C@H]2COC3(CCN(S(=O)(=O)c4cnc5ccccc5c4)CC3)C2)c1. The van der Waals surface area contributed by atoms with Gasteiger partial charge in [0.2, 0.25) is 25.4 Å². The van der Waals surface area contributed by atoms with E-state index in [1.807, 2.05) is 24.3 Å². The standard InChI is InChI=1S/C28H34FN3O7S2/c1-20(29)40(34,35)25-7-4-6-24(14-25)38-19-23(33)16-30-22-15-28(39-18-22)9-11-32(12-10-28)41(36,37)26-13-21-5-2-3-8-27(21)31-17-26/h2-8,13-14,17,20,22-23,30,33H,9-12,15-16,18-19H2,1H3/t20?,22-,23?/m1/s1. The van der Waals surface area contributed by atoms with Gasteiger partial charge in [0.05, 0.1) is 22.6 Å². The lowest BCUT2D eigenvalue weighted by Crippen LogP contribution is -2.47. The minimum Gasteiger partial charge on any atom is -0.491 e. The fourth-order valence-electron chi connectivity index (χ4n) is 5.28. The van der Waals surface area contributed by atoms with Crippen molar-refractivity contribution in [1.82, 2.24) is 14.6 Å². The summed E-state index contributed by atoms with van der Waals surface area (Å²) in [6.07, 6.45) is 2.34. The highest BCUT2D eigenvalue weighted by Crippen LogP contribution is 2.37. The first kappa shape index (κ1) is 29.8. The number of halogens is 1. The number of para-hydroxylation sites is 1. The highest BCUT2D eigenvalue weighted by atomic mass is 32.2. The summed E-state index contributed by atoms with van der Waals surface area (Å²) in [6, 6.07) is 14.6. The number of alkyl halides is 1. The minimum absolute atomic E-state index is 0.0167. The number of aromatic nitrogens is 1. The summed E-state index contributed by atoms with van der Waals surface area (Å²) >= 11 is 0. The van der Waals surface area contributed by atoms with Crippen LogP contribution in [-0.4, -0.2) is 87.3 Å². The Morgan fingerprint density at radius 3 is 2.63 bits per heavy atom. The number of ether oxygens (including phenoxy) is 2. The molecule has 2 saturated heterocycles. The van der Waals surface area contributed by atoms with Gasteiger partial charge in [-0.1, -0.05) is 24.3 Å². The average molecular weight is 608 g/mol. The number of aliphatic hydroxyl groups excluding tert-OH is 1. The third-order valence-corrected chi connectivity index (χ3v) is 11.3. The number of benzene rings is 2. The van der Waals surface area contributed by atoms with Crippen molar-refractivity contribution in [3.8, 4) is 5.75 Å². The third-order valence-electron chi connectivity index (χ3n) is 7.69. The molecule has 2 unspecified atom stereocenters. The van der Waals surface area contributed by atoms with E-state index >= 15 is 0 Å². The van der Waals surface area contributed by atoms with Crippen molar-refractivity contribution in [2.45, 2.75) is 59.2 Å². The van der Waals surface area contributed by atoms with E-state index in [-0.39, 0.29) is 34.7 Å². The van der Waals surface area contributed by atoms with Crippen LogP contribution in [0.4, 0.5) is 4.39 Å². The van der Waals surface area contributed by atoms with E-state index < -0.39 is 37.1 Å². The molecule has 0 saturated carbocycles. The summed E-state index contributed by atoms with van der Waals surface area (Å²) in [5.74, 6) is 0.218. The molecule has 222 valence electrons. The fraction of sp³-hybridized carbons (Fsp3) is 0.464. The highest BCUT2D eigenvalue weighted by Gasteiger charge is 2.44. The second-order valence-corrected chi connectivity index (χ2v) is 14.7. The molecule has 3 heterocycles. The number of piperidine rings is 1. The van der Waals surface area contributed by atoms with Crippen molar-refractivity contribution in [3.05, 3.63) is 60.8 Å². The van der Waals surface area contributed by atoms with Gasteiger partial charge in [0, 0.05) is 37.3 Å². The summed E-state index contributed by atoms with van der Waals surface area (Å²) in [6.45, 7) is 2.22. The topological polar surface area (TPSA) is 135 Å². The molecule has 1 spiro atoms. The Labute approximate surface area is 239 Å². The summed E-state index contributed by atoms with van der Waals surface area (Å²) in [4.78, 5) is 4.30. The number of fused-ring (bicyclic) bond motifs is 1. The molecule has 2 fully saturated rings. The van der Waals surface area contributed by atoms with Gasteiger partial charge in [-0.2, -0.15) is 4.31 Å². The quantitative estimate of drug-likeness (QED) is 0.357. The molecule has 2 aliphatic rings. The molecule has 0 radical (unpaired) electrons. The third kappa shape index (κ3) is 6.55. The van der Waals surface area contributed by atoms with Gasteiger partial charge in [-0.25, -0.2) is 21.2 Å². The highest BCUT2D eigenvalue weighted by molar-refractivity contribution is 7.91. The Hall–Kier alpha value is -2.68. The molecule has 0 bridgehead atoms. The number of hydrogen-bond acceptors (Lipinski definition) is 9. The van der Waals surface area contributed by atoms with Gasteiger partial charge in [-0.3, -0.25) is 4.98 Å². The minimum atomic E-state index is -4.08. The number of hydrogen-bond donors (Lipinski definition) is 2. The van der Waals surface area contributed by atoms with E-state index in [0.29, 0.717) is 39.0 Å². The molecule has 3 aromatic rings. The lowest BCUT2D eigenvalue weighted by atomic mass is 9.88. The molecule has 5 rings (SSSR count). The van der Waals surface area contributed by atoms with E-state index in [1.165, 1.54) is 28.7 Å². The van der Waals surface area contributed by atoms with Crippen LogP contribution in [0.1, 0.15) is 26.2 Å². The van der Waals surface area contributed by atoms with Gasteiger partial charge in [0.15, 0.2) is 0 Å². The Balaban J connectivity index is 1.09. The second-order valence-electron chi connectivity index (χ2n) is 10.6. The Morgan fingerprint density at radius 1 is 1.12 bits per heavy atom. The van der Waals surface area contributed by atoms with Crippen molar-refractivity contribution < 1.29 is 35.8 Å². The van der Waals surface area contributed by atoms with E-state index in [9.17, 15) is 26.3 Å². The van der Waals surface area contributed by atoms with Crippen LogP contribution in [0.2, 0.25) is 0 Å².